The molecule has 0 aliphatic rings. The number of rotatable bonds is 7. The average molecular weight is 359 g/mol. The van der Waals surface area contributed by atoms with Gasteiger partial charge >= 0.3 is 23.4 Å². The summed E-state index contributed by atoms with van der Waals surface area (Å²) in [7, 11) is 0. The largest absolute Gasteiger partial charge is 0.481 e. The highest BCUT2D eigenvalue weighted by Gasteiger charge is 2.24. The van der Waals surface area contributed by atoms with E-state index in [2.05, 4.69) is 4.18 Å². The summed E-state index contributed by atoms with van der Waals surface area (Å²) in [6, 6.07) is 6.52. The van der Waals surface area contributed by atoms with E-state index in [9.17, 15) is 13.8 Å². The van der Waals surface area contributed by atoms with Crippen LogP contribution in [0.1, 0.15) is 32.8 Å². The Bertz CT molecular complexity index is 595. The number of carboxylic acids is 1. The maximum atomic E-state index is 12.2. The van der Waals surface area contributed by atoms with Crippen LogP contribution >= 0.6 is 0 Å². The van der Waals surface area contributed by atoms with E-state index in [4.69, 9.17) is 14.4 Å². The van der Waals surface area contributed by atoms with E-state index in [1.54, 1.807) is 45.0 Å². The van der Waals surface area contributed by atoms with Crippen molar-refractivity contribution in [2.75, 3.05) is 11.6 Å². The Balaban J connectivity index is 2.90. The molecular formula is C15H21NO7S. The summed E-state index contributed by atoms with van der Waals surface area (Å²) >= 11 is -2.53. The van der Waals surface area contributed by atoms with Gasteiger partial charge in [-0.3, -0.25) is 14.2 Å². The summed E-state index contributed by atoms with van der Waals surface area (Å²) in [6.07, 6.45) is -0.368. The SMILES string of the molecule is CC(C)(C)OC(=O)N(COS(=O)O)c1ccc(CCC(=O)O)cc1. The van der Waals surface area contributed by atoms with Gasteiger partial charge in [0.15, 0.2) is 0 Å². The Kier molecular flexibility index (Phi) is 7.33. The van der Waals surface area contributed by atoms with Gasteiger partial charge in [-0.1, -0.05) is 12.1 Å². The zero-order chi connectivity index (χ0) is 18.3. The molecule has 0 spiro atoms. The van der Waals surface area contributed by atoms with Gasteiger partial charge in [-0.15, -0.1) is 0 Å². The highest BCUT2D eigenvalue weighted by molar-refractivity contribution is 7.74. The van der Waals surface area contributed by atoms with Gasteiger partial charge in [-0.2, -0.15) is 4.21 Å². The second-order valence-electron chi connectivity index (χ2n) is 5.93. The van der Waals surface area contributed by atoms with Crippen LogP contribution in [0, 0.1) is 0 Å². The fourth-order valence-corrected chi connectivity index (χ4v) is 1.94. The Labute approximate surface area is 142 Å². The van der Waals surface area contributed by atoms with E-state index in [-0.39, 0.29) is 6.42 Å². The molecule has 0 aliphatic carbocycles. The lowest BCUT2D eigenvalue weighted by Gasteiger charge is -2.26. The van der Waals surface area contributed by atoms with Gasteiger partial charge in [-0.05, 0) is 44.9 Å². The van der Waals surface area contributed by atoms with E-state index in [1.807, 2.05) is 0 Å². The van der Waals surface area contributed by atoms with Crippen molar-refractivity contribution in [1.29, 1.82) is 0 Å². The van der Waals surface area contributed by atoms with Crippen LogP contribution in [0.3, 0.4) is 0 Å². The van der Waals surface area contributed by atoms with Gasteiger partial charge < -0.3 is 9.84 Å². The van der Waals surface area contributed by atoms with Crippen LogP contribution in [0.15, 0.2) is 24.3 Å². The first kappa shape index (κ1) is 20.1. The van der Waals surface area contributed by atoms with Crippen LogP contribution in [-0.2, 0) is 31.5 Å². The molecule has 9 heteroatoms. The molecule has 8 nitrogen and oxygen atoms in total. The fourth-order valence-electron chi connectivity index (χ4n) is 1.74. The number of nitrogens with zero attached hydrogens (tertiary/aromatic N) is 1. The van der Waals surface area contributed by atoms with Crippen molar-refractivity contribution in [3.63, 3.8) is 0 Å². The molecule has 0 saturated carbocycles. The second-order valence-corrected chi connectivity index (χ2v) is 6.60. The predicted octanol–water partition coefficient (Wildman–Crippen LogP) is 2.56. The highest BCUT2D eigenvalue weighted by atomic mass is 32.2. The lowest BCUT2D eigenvalue weighted by molar-refractivity contribution is -0.136. The molecule has 1 rings (SSSR count). The minimum absolute atomic E-state index is 0.00172. The van der Waals surface area contributed by atoms with Gasteiger partial charge in [-0.25, -0.2) is 8.98 Å². The molecule has 0 aliphatic heterocycles. The van der Waals surface area contributed by atoms with E-state index in [0.717, 1.165) is 10.5 Å². The topological polar surface area (TPSA) is 113 Å². The summed E-state index contributed by atoms with van der Waals surface area (Å²) in [6.45, 7) is 4.63. The lowest BCUT2D eigenvalue weighted by atomic mass is 10.1. The molecule has 24 heavy (non-hydrogen) atoms. The van der Waals surface area contributed by atoms with E-state index in [0.29, 0.717) is 12.1 Å². The summed E-state index contributed by atoms with van der Waals surface area (Å²) in [5.41, 5.74) is 0.445. The Hall–Kier alpha value is -1.97. The maximum absolute atomic E-state index is 12.2. The third kappa shape index (κ3) is 7.53. The smallest absolute Gasteiger partial charge is 0.416 e. The Morgan fingerprint density at radius 3 is 2.25 bits per heavy atom. The molecular weight excluding hydrogens is 338 g/mol. The number of carbonyl (C=O) groups excluding carboxylic acids is 1. The Morgan fingerprint density at radius 2 is 1.79 bits per heavy atom. The summed E-state index contributed by atoms with van der Waals surface area (Å²) in [4.78, 5) is 23.9. The number of anilines is 1. The molecule has 1 atom stereocenters. The third-order valence-electron chi connectivity index (χ3n) is 2.77. The first-order valence-corrected chi connectivity index (χ1v) is 8.17. The molecule has 0 fully saturated rings. The molecule has 0 saturated heterocycles. The van der Waals surface area contributed by atoms with Crippen molar-refractivity contribution in [2.45, 2.75) is 39.2 Å². The van der Waals surface area contributed by atoms with Crippen LogP contribution in [-0.4, -0.2) is 38.3 Å². The van der Waals surface area contributed by atoms with Gasteiger partial charge in [0.05, 0.1) is 0 Å². The van der Waals surface area contributed by atoms with Crippen LogP contribution in [0.25, 0.3) is 0 Å². The molecule has 1 amide bonds. The standard InChI is InChI=1S/C15H21NO7S/c1-15(2,3)23-14(19)16(10-22-24(20)21)12-7-4-11(5-8-12)6-9-13(17)18/h4-5,7-8H,6,9-10H2,1-3H3,(H,17,18)(H,20,21). The number of benzene rings is 1. The number of ether oxygens (including phenoxy) is 1. The van der Waals surface area contributed by atoms with E-state index >= 15 is 0 Å². The summed E-state index contributed by atoms with van der Waals surface area (Å²) in [5.74, 6) is -0.895. The van der Waals surface area contributed by atoms with Crippen molar-refractivity contribution < 1.29 is 32.4 Å². The minimum atomic E-state index is -2.53. The number of aliphatic carboxylic acids is 1. The highest BCUT2D eigenvalue weighted by Crippen LogP contribution is 2.20. The lowest BCUT2D eigenvalue weighted by Crippen LogP contribution is -2.38. The molecule has 0 bridgehead atoms. The molecule has 1 aromatic rings. The van der Waals surface area contributed by atoms with Gasteiger partial charge in [0.25, 0.3) is 0 Å². The number of carbonyl (C=O) groups is 2. The molecule has 0 heterocycles. The van der Waals surface area contributed by atoms with Crippen LogP contribution in [0.5, 0.6) is 0 Å². The molecule has 0 radical (unpaired) electrons. The van der Waals surface area contributed by atoms with Crippen LogP contribution in [0.4, 0.5) is 10.5 Å². The first-order valence-electron chi connectivity index (χ1n) is 7.14. The molecule has 1 aromatic carbocycles. The first-order chi connectivity index (χ1) is 11.1. The van der Waals surface area contributed by atoms with Crippen molar-refractivity contribution in [1.82, 2.24) is 0 Å². The number of hydrogen-bond acceptors (Lipinski definition) is 5. The van der Waals surface area contributed by atoms with Crippen molar-refractivity contribution in [3.05, 3.63) is 29.8 Å². The third-order valence-corrected chi connectivity index (χ3v) is 3.08. The van der Waals surface area contributed by atoms with E-state index < -0.39 is 35.8 Å². The number of hydrogen-bond donors (Lipinski definition) is 2. The van der Waals surface area contributed by atoms with Gasteiger partial charge in [0, 0.05) is 12.1 Å². The monoisotopic (exact) mass is 359 g/mol. The molecule has 0 aromatic heterocycles. The van der Waals surface area contributed by atoms with Crippen molar-refractivity contribution in [2.24, 2.45) is 0 Å². The number of amides is 1. The average Bonchev–Trinajstić information content (AvgIpc) is 2.44. The molecule has 134 valence electrons. The zero-order valence-electron chi connectivity index (χ0n) is 13.7. The number of carboxylic acid groups (broad SMARTS) is 1. The second kappa shape index (κ2) is 8.76. The maximum Gasteiger partial charge on any atom is 0.416 e. The Morgan fingerprint density at radius 1 is 1.21 bits per heavy atom. The van der Waals surface area contributed by atoms with Gasteiger partial charge in [0.1, 0.15) is 12.3 Å². The van der Waals surface area contributed by atoms with Crippen molar-refractivity contribution in [3.8, 4) is 0 Å². The summed E-state index contributed by atoms with van der Waals surface area (Å²) in [5, 5.41) is 8.68. The zero-order valence-corrected chi connectivity index (χ0v) is 14.5. The normalized spacial score (nSPS) is 12.5. The predicted molar refractivity (Wildman–Crippen MR) is 87.8 cm³/mol. The van der Waals surface area contributed by atoms with E-state index in [1.165, 1.54) is 0 Å². The molecule has 2 N–H and O–H groups in total. The fraction of sp³-hybridized carbons (Fsp3) is 0.467. The molecule has 1 unspecified atom stereocenters. The van der Waals surface area contributed by atoms with Crippen molar-refractivity contribution >= 4 is 29.1 Å². The van der Waals surface area contributed by atoms with Crippen LogP contribution in [0.2, 0.25) is 0 Å². The number of aryl methyl sites for hydroxylation is 1. The minimum Gasteiger partial charge on any atom is -0.481 e. The van der Waals surface area contributed by atoms with Crippen LogP contribution < -0.4 is 4.90 Å². The quantitative estimate of drug-likeness (QED) is 0.568. The summed E-state index contributed by atoms with van der Waals surface area (Å²) < 4.78 is 29.3. The van der Waals surface area contributed by atoms with Gasteiger partial charge in [0.2, 0.25) is 0 Å².